The average Bonchev–Trinajstić information content (AvgIpc) is 2.37. The van der Waals surface area contributed by atoms with Crippen LogP contribution in [-0.4, -0.2) is 34.6 Å². The highest BCUT2D eigenvalue weighted by Crippen LogP contribution is 2.21. The molecule has 0 atom stereocenters. The number of carbonyl (C=O) groups excluding carboxylic acids is 1. The lowest BCUT2D eigenvalue weighted by Gasteiger charge is -2.18. The van der Waals surface area contributed by atoms with Gasteiger partial charge in [0.05, 0.1) is 11.4 Å². The largest absolute Gasteiger partial charge is 0.397 e. The minimum absolute atomic E-state index is 0.0184. The molecule has 1 aromatic rings. The van der Waals surface area contributed by atoms with Crippen LogP contribution in [0.2, 0.25) is 0 Å². The van der Waals surface area contributed by atoms with E-state index < -0.39 is 0 Å². The molecule has 5 heteroatoms. The Morgan fingerprint density at radius 1 is 1.44 bits per heavy atom. The first-order valence-corrected chi connectivity index (χ1v) is 6.50. The van der Waals surface area contributed by atoms with Crippen molar-refractivity contribution in [2.24, 2.45) is 0 Å². The number of pyridine rings is 1. The molecule has 1 heterocycles. The summed E-state index contributed by atoms with van der Waals surface area (Å²) in [5.41, 5.74) is 6.35. The first kappa shape index (κ1) is 14.3. The number of nitrogens with two attached hydrogens (primary N) is 1. The van der Waals surface area contributed by atoms with E-state index in [0.29, 0.717) is 29.6 Å². The number of hydrogen-bond acceptors (Lipinski definition) is 4. The monoisotopic (exact) mass is 263 g/mol. The van der Waals surface area contributed by atoms with Crippen LogP contribution in [0.15, 0.2) is 48.7 Å². The number of thioether (sulfide) groups is 1. The number of anilines is 1. The number of aromatic nitrogens is 1. The molecule has 96 valence electrons. The molecule has 2 N–H and O–H groups in total. The normalized spacial score (nSPS) is 9.78. The van der Waals surface area contributed by atoms with Crippen LogP contribution in [-0.2, 0) is 4.79 Å². The molecule has 0 fully saturated rings. The van der Waals surface area contributed by atoms with Crippen molar-refractivity contribution in [3.63, 3.8) is 0 Å². The summed E-state index contributed by atoms with van der Waals surface area (Å²) >= 11 is 1.34. The first-order valence-electron chi connectivity index (χ1n) is 5.52. The lowest BCUT2D eigenvalue weighted by Crippen LogP contribution is -2.32. The fourth-order valence-electron chi connectivity index (χ4n) is 1.34. The van der Waals surface area contributed by atoms with E-state index in [4.69, 9.17) is 5.73 Å². The van der Waals surface area contributed by atoms with Crippen molar-refractivity contribution in [1.82, 2.24) is 9.88 Å². The molecular formula is C13H17N3OS. The molecule has 18 heavy (non-hydrogen) atoms. The van der Waals surface area contributed by atoms with Crippen molar-refractivity contribution in [2.75, 3.05) is 24.6 Å². The molecule has 0 bridgehead atoms. The SMILES string of the molecule is C=CCN(CC=C)C(=O)CSc1ncccc1N. The second-order valence-electron chi connectivity index (χ2n) is 3.56. The molecule has 0 aromatic carbocycles. The van der Waals surface area contributed by atoms with E-state index in [9.17, 15) is 4.79 Å². The van der Waals surface area contributed by atoms with E-state index in [-0.39, 0.29) is 5.91 Å². The van der Waals surface area contributed by atoms with E-state index in [1.807, 2.05) is 0 Å². The maximum atomic E-state index is 11.9. The predicted octanol–water partition coefficient (Wildman–Crippen LogP) is 1.96. The first-order chi connectivity index (χ1) is 8.69. The number of hydrogen-bond donors (Lipinski definition) is 1. The van der Waals surface area contributed by atoms with Gasteiger partial charge in [0.25, 0.3) is 0 Å². The van der Waals surface area contributed by atoms with Gasteiger partial charge in [0.15, 0.2) is 0 Å². The zero-order valence-corrected chi connectivity index (χ0v) is 11.0. The molecule has 0 unspecified atom stereocenters. The molecule has 1 amide bonds. The van der Waals surface area contributed by atoms with Gasteiger partial charge in [-0.25, -0.2) is 4.98 Å². The van der Waals surface area contributed by atoms with Gasteiger partial charge >= 0.3 is 0 Å². The summed E-state index contributed by atoms with van der Waals surface area (Å²) in [5, 5.41) is 0.683. The molecular weight excluding hydrogens is 246 g/mol. The number of nitrogen functional groups attached to an aromatic ring is 1. The number of carbonyl (C=O) groups is 1. The number of nitrogens with zero attached hydrogens (tertiary/aromatic N) is 2. The zero-order chi connectivity index (χ0) is 13.4. The minimum atomic E-state index is 0.0184. The third kappa shape index (κ3) is 4.25. The van der Waals surface area contributed by atoms with Crippen LogP contribution in [0.1, 0.15) is 0 Å². The van der Waals surface area contributed by atoms with Gasteiger partial charge in [0.1, 0.15) is 5.03 Å². The molecule has 1 aromatic heterocycles. The van der Waals surface area contributed by atoms with Crippen LogP contribution in [0, 0.1) is 0 Å². The van der Waals surface area contributed by atoms with Crippen molar-refractivity contribution in [2.45, 2.75) is 5.03 Å². The van der Waals surface area contributed by atoms with Gasteiger partial charge < -0.3 is 10.6 Å². The van der Waals surface area contributed by atoms with Crippen molar-refractivity contribution in [3.8, 4) is 0 Å². The van der Waals surface area contributed by atoms with Gasteiger partial charge in [-0.15, -0.1) is 13.2 Å². The lowest BCUT2D eigenvalue weighted by atomic mass is 10.4. The molecule has 0 aliphatic carbocycles. The van der Waals surface area contributed by atoms with Crippen molar-refractivity contribution in [1.29, 1.82) is 0 Å². The highest BCUT2D eigenvalue weighted by Gasteiger charge is 2.12. The Balaban J connectivity index is 2.56. The number of amides is 1. The van der Waals surface area contributed by atoms with Gasteiger partial charge in [-0.1, -0.05) is 23.9 Å². The predicted molar refractivity (Wildman–Crippen MR) is 76.3 cm³/mol. The highest BCUT2D eigenvalue weighted by molar-refractivity contribution is 8.00. The smallest absolute Gasteiger partial charge is 0.233 e. The minimum Gasteiger partial charge on any atom is -0.397 e. The summed E-state index contributed by atoms with van der Waals surface area (Å²) in [5.74, 6) is 0.327. The third-order valence-corrected chi connectivity index (χ3v) is 3.19. The van der Waals surface area contributed by atoms with Crippen molar-refractivity contribution in [3.05, 3.63) is 43.6 Å². The summed E-state index contributed by atoms with van der Waals surface area (Å²) in [6, 6.07) is 3.54. The second-order valence-corrected chi connectivity index (χ2v) is 4.53. The van der Waals surface area contributed by atoms with Crippen LogP contribution in [0.3, 0.4) is 0 Å². The zero-order valence-electron chi connectivity index (χ0n) is 10.2. The molecule has 1 rings (SSSR count). The van der Waals surface area contributed by atoms with Crippen LogP contribution >= 0.6 is 11.8 Å². The van der Waals surface area contributed by atoms with Crippen LogP contribution in [0.25, 0.3) is 0 Å². The Morgan fingerprint density at radius 2 is 2.11 bits per heavy atom. The standard InChI is InChI=1S/C13H17N3OS/c1-3-8-16(9-4-2)12(17)10-18-13-11(14)6-5-7-15-13/h3-7H,1-2,8-10,14H2. The molecule has 0 spiro atoms. The summed E-state index contributed by atoms with van der Waals surface area (Å²) in [4.78, 5) is 17.7. The molecule has 0 radical (unpaired) electrons. The van der Waals surface area contributed by atoms with Crippen LogP contribution in [0.5, 0.6) is 0 Å². The Labute approximate surface area is 112 Å². The summed E-state index contributed by atoms with van der Waals surface area (Å²) in [6.07, 6.45) is 5.05. The summed E-state index contributed by atoms with van der Waals surface area (Å²) < 4.78 is 0. The summed E-state index contributed by atoms with van der Waals surface area (Å²) in [6.45, 7) is 8.29. The molecule has 0 saturated heterocycles. The van der Waals surface area contributed by atoms with Gasteiger partial charge in [-0.2, -0.15) is 0 Å². The van der Waals surface area contributed by atoms with Gasteiger partial charge in [0.2, 0.25) is 5.91 Å². The molecule has 0 aliphatic rings. The Morgan fingerprint density at radius 3 is 2.67 bits per heavy atom. The van der Waals surface area contributed by atoms with Gasteiger partial charge in [-0.3, -0.25) is 4.79 Å². The Bertz CT molecular complexity index is 424. The average molecular weight is 263 g/mol. The third-order valence-electron chi connectivity index (χ3n) is 2.18. The van der Waals surface area contributed by atoms with E-state index in [2.05, 4.69) is 18.1 Å². The van der Waals surface area contributed by atoms with E-state index in [1.165, 1.54) is 11.8 Å². The topological polar surface area (TPSA) is 59.2 Å². The molecule has 0 saturated carbocycles. The van der Waals surface area contributed by atoms with E-state index >= 15 is 0 Å². The number of rotatable bonds is 7. The Kier molecular flexibility index (Phi) is 6.00. The van der Waals surface area contributed by atoms with Crippen LogP contribution < -0.4 is 5.73 Å². The van der Waals surface area contributed by atoms with Crippen molar-refractivity contribution < 1.29 is 4.79 Å². The van der Waals surface area contributed by atoms with Gasteiger partial charge in [-0.05, 0) is 12.1 Å². The van der Waals surface area contributed by atoms with E-state index in [1.54, 1.807) is 35.4 Å². The highest BCUT2D eigenvalue weighted by atomic mass is 32.2. The van der Waals surface area contributed by atoms with Crippen molar-refractivity contribution >= 4 is 23.4 Å². The fraction of sp³-hybridized carbons (Fsp3) is 0.231. The maximum Gasteiger partial charge on any atom is 0.233 e. The maximum absolute atomic E-state index is 11.9. The fourth-order valence-corrected chi connectivity index (χ4v) is 2.15. The quantitative estimate of drug-likeness (QED) is 0.603. The lowest BCUT2D eigenvalue weighted by molar-refractivity contribution is -0.127. The second kappa shape index (κ2) is 7.55. The Hall–Kier alpha value is -1.75. The summed E-state index contributed by atoms with van der Waals surface area (Å²) in [7, 11) is 0. The molecule has 4 nitrogen and oxygen atoms in total. The van der Waals surface area contributed by atoms with E-state index in [0.717, 1.165) is 0 Å². The molecule has 0 aliphatic heterocycles. The van der Waals surface area contributed by atoms with Crippen LogP contribution in [0.4, 0.5) is 5.69 Å². The van der Waals surface area contributed by atoms with Gasteiger partial charge in [0, 0.05) is 19.3 Å².